The highest BCUT2D eigenvalue weighted by molar-refractivity contribution is 5.66. The highest BCUT2D eigenvalue weighted by Gasteiger charge is 2.27. The maximum absolute atomic E-state index is 10.4. The Morgan fingerprint density at radius 2 is 2.24 bits per heavy atom. The number of hydrogen-bond acceptors (Lipinski definition) is 2. The summed E-state index contributed by atoms with van der Waals surface area (Å²) in [6.07, 6.45) is 7.41. The summed E-state index contributed by atoms with van der Waals surface area (Å²) in [5.74, 6) is 0.129. The number of nitrogens with zero attached hydrogens (tertiary/aromatic N) is 1. The van der Waals surface area contributed by atoms with Crippen LogP contribution in [0.2, 0.25) is 0 Å². The molecule has 2 atom stereocenters. The Hall–Kier alpha value is -0.570. The Labute approximate surface area is 105 Å². The van der Waals surface area contributed by atoms with Gasteiger partial charge in [-0.1, -0.05) is 20.3 Å². The van der Waals surface area contributed by atoms with Gasteiger partial charge in [0.25, 0.3) is 0 Å². The summed E-state index contributed by atoms with van der Waals surface area (Å²) in [7, 11) is 0. The highest BCUT2D eigenvalue weighted by Crippen LogP contribution is 2.26. The third kappa shape index (κ3) is 5.07. The van der Waals surface area contributed by atoms with Crippen molar-refractivity contribution in [3.63, 3.8) is 0 Å². The van der Waals surface area contributed by atoms with Gasteiger partial charge in [-0.15, -0.1) is 0 Å². The molecule has 1 saturated heterocycles. The number of likely N-dealkylation sites (tertiary alicyclic amines) is 1. The van der Waals surface area contributed by atoms with Crippen LogP contribution in [0.1, 0.15) is 58.8 Å². The zero-order valence-electron chi connectivity index (χ0n) is 11.3. The molecule has 1 heterocycles. The fraction of sp³-hybridized carbons (Fsp3) is 0.929. The Bertz CT molecular complexity index is 230. The van der Waals surface area contributed by atoms with E-state index >= 15 is 0 Å². The largest absolute Gasteiger partial charge is 0.481 e. The average molecular weight is 241 g/mol. The molecule has 0 aromatic heterocycles. The highest BCUT2D eigenvalue weighted by atomic mass is 16.4. The van der Waals surface area contributed by atoms with E-state index in [9.17, 15) is 4.79 Å². The maximum Gasteiger partial charge on any atom is 0.303 e. The van der Waals surface area contributed by atoms with Crippen LogP contribution in [0.3, 0.4) is 0 Å². The molecule has 0 bridgehead atoms. The van der Waals surface area contributed by atoms with Crippen molar-refractivity contribution in [2.45, 2.75) is 64.8 Å². The lowest BCUT2D eigenvalue weighted by Gasteiger charge is -2.29. The van der Waals surface area contributed by atoms with Crippen molar-refractivity contribution in [2.75, 3.05) is 13.1 Å². The van der Waals surface area contributed by atoms with Crippen molar-refractivity contribution in [3.05, 3.63) is 0 Å². The lowest BCUT2D eigenvalue weighted by Crippen LogP contribution is -2.35. The smallest absolute Gasteiger partial charge is 0.303 e. The summed E-state index contributed by atoms with van der Waals surface area (Å²) >= 11 is 0. The van der Waals surface area contributed by atoms with Gasteiger partial charge in [-0.25, -0.2) is 0 Å². The topological polar surface area (TPSA) is 40.5 Å². The van der Waals surface area contributed by atoms with E-state index in [1.54, 1.807) is 0 Å². The lowest BCUT2D eigenvalue weighted by atomic mass is 9.95. The predicted molar refractivity (Wildman–Crippen MR) is 70.2 cm³/mol. The Morgan fingerprint density at radius 3 is 2.88 bits per heavy atom. The summed E-state index contributed by atoms with van der Waals surface area (Å²) < 4.78 is 0. The van der Waals surface area contributed by atoms with Gasteiger partial charge >= 0.3 is 5.97 Å². The van der Waals surface area contributed by atoms with Gasteiger partial charge in [0.2, 0.25) is 0 Å². The van der Waals surface area contributed by atoms with Gasteiger partial charge in [-0.3, -0.25) is 4.79 Å². The molecule has 0 spiro atoms. The first-order valence-corrected chi connectivity index (χ1v) is 7.11. The Kier molecular flexibility index (Phi) is 6.56. The van der Waals surface area contributed by atoms with E-state index in [4.69, 9.17) is 5.11 Å². The first-order chi connectivity index (χ1) is 8.15. The SMILES string of the molecule is CCCC(C)C1CCCN1CCCCC(=O)O. The van der Waals surface area contributed by atoms with E-state index < -0.39 is 5.97 Å². The molecule has 0 saturated carbocycles. The van der Waals surface area contributed by atoms with Crippen LogP contribution in [0.25, 0.3) is 0 Å². The molecule has 0 aliphatic carbocycles. The van der Waals surface area contributed by atoms with Crippen molar-refractivity contribution in [1.29, 1.82) is 0 Å². The fourth-order valence-electron chi connectivity index (χ4n) is 3.01. The van der Waals surface area contributed by atoms with Crippen LogP contribution in [0, 0.1) is 5.92 Å². The molecule has 0 aromatic carbocycles. The lowest BCUT2D eigenvalue weighted by molar-refractivity contribution is -0.137. The van der Waals surface area contributed by atoms with Gasteiger partial charge in [0.1, 0.15) is 0 Å². The quantitative estimate of drug-likeness (QED) is 0.664. The first-order valence-electron chi connectivity index (χ1n) is 7.11. The molecule has 0 aromatic rings. The van der Waals surface area contributed by atoms with E-state index in [1.165, 1.54) is 32.2 Å². The third-order valence-electron chi connectivity index (χ3n) is 3.90. The first kappa shape index (κ1) is 14.5. The number of carbonyl (C=O) groups is 1. The monoisotopic (exact) mass is 241 g/mol. The van der Waals surface area contributed by atoms with Gasteiger partial charge in [-0.2, -0.15) is 0 Å². The molecule has 1 aliphatic heterocycles. The van der Waals surface area contributed by atoms with Gasteiger partial charge in [0, 0.05) is 12.5 Å². The van der Waals surface area contributed by atoms with Crippen LogP contribution in [0.5, 0.6) is 0 Å². The minimum atomic E-state index is -0.665. The molecule has 1 rings (SSSR count). The van der Waals surface area contributed by atoms with E-state index in [0.717, 1.165) is 31.3 Å². The van der Waals surface area contributed by atoms with Crippen LogP contribution in [0.15, 0.2) is 0 Å². The molecule has 100 valence electrons. The van der Waals surface area contributed by atoms with E-state index in [1.807, 2.05) is 0 Å². The number of unbranched alkanes of at least 4 members (excludes halogenated alkanes) is 1. The summed E-state index contributed by atoms with van der Waals surface area (Å²) in [6, 6.07) is 0.750. The van der Waals surface area contributed by atoms with Crippen molar-refractivity contribution in [3.8, 4) is 0 Å². The van der Waals surface area contributed by atoms with Gasteiger partial charge in [0.15, 0.2) is 0 Å². The minimum Gasteiger partial charge on any atom is -0.481 e. The van der Waals surface area contributed by atoms with E-state index in [2.05, 4.69) is 18.7 Å². The summed E-state index contributed by atoms with van der Waals surface area (Å²) in [6.45, 7) is 6.92. The van der Waals surface area contributed by atoms with Gasteiger partial charge in [0.05, 0.1) is 0 Å². The van der Waals surface area contributed by atoms with Crippen LogP contribution in [0.4, 0.5) is 0 Å². The van der Waals surface area contributed by atoms with Gasteiger partial charge < -0.3 is 10.0 Å². The molecule has 3 heteroatoms. The standard InChI is InChI=1S/C14H27NO2/c1-3-7-12(2)13-8-6-11-15(13)10-5-4-9-14(16)17/h12-13H,3-11H2,1-2H3,(H,16,17). The third-order valence-corrected chi connectivity index (χ3v) is 3.90. The zero-order valence-corrected chi connectivity index (χ0v) is 11.3. The van der Waals surface area contributed by atoms with E-state index in [-0.39, 0.29) is 0 Å². The molecule has 17 heavy (non-hydrogen) atoms. The zero-order chi connectivity index (χ0) is 12.7. The number of carboxylic acids is 1. The fourth-order valence-corrected chi connectivity index (χ4v) is 3.01. The molecule has 1 fully saturated rings. The number of rotatable bonds is 8. The molecule has 3 nitrogen and oxygen atoms in total. The second kappa shape index (κ2) is 7.70. The van der Waals surface area contributed by atoms with Crippen LogP contribution >= 0.6 is 0 Å². The second-order valence-electron chi connectivity index (χ2n) is 5.36. The minimum absolute atomic E-state index is 0.322. The van der Waals surface area contributed by atoms with Crippen molar-refractivity contribution >= 4 is 5.97 Å². The molecule has 2 unspecified atom stereocenters. The Morgan fingerprint density at radius 1 is 1.47 bits per heavy atom. The summed E-state index contributed by atoms with van der Waals surface area (Å²) in [5.41, 5.74) is 0. The second-order valence-corrected chi connectivity index (χ2v) is 5.36. The van der Waals surface area contributed by atoms with E-state index in [0.29, 0.717) is 6.42 Å². The van der Waals surface area contributed by atoms with Gasteiger partial charge in [-0.05, 0) is 51.1 Å². The molecule has 1 aliphatic rings. The van der Waals surface area contributed by atoms with Crippen molar-refractivity contribution < 1.29 is 9.90 Å². The van der Waals surface area contributed by atoms with Crippen LogP contribution in [-0.2, 0) is 4.79 Å². The number of hydrogen-bond donors (Lipinski definition) is 1. The number of carboxylic acid groups (broad SMARTS) is 1. The van der Waals surface area contributed by atoms with Crippen LogP contribution in [-0.4, -0.2) is 35.1 Å². The summed E-state index contributed by atoms with van der Waals surface area (Å²) in [5, 5.41) is 8.60. The normalized spacial score (nSPS) is 22.8. The average Bonchev–Trinajstić information content (AvgIpc) is 2.72. The molecule has 0 amide bonds. The number of aliphatic carboxylic acids is 1. The molecule has 1 N–H and O–H groups in total. The Balaban J connectivity index is 2.24. The predicted octanol–water partition coefficient (Wildman–Crippen LogP) is 3.14. The molecular weight excluding hydrogens is 214 g/mol. The molecular formula is C14H27NO2. The molecule has 0 radical (unpaired) electrons. The summed E-state index contributed by atoms with van der Waals surface area (Å²) in [4.78, 5) is 13.0. The maximum atomic E-state index is 10.4. The van der Waals surface area contributed by atoms with Crippen molar-refractivity contribution in [1.82, 2.24) is 4.90 Å². The van der Waals surface area contributed by atoms with Crippen LogP contribution < -0.4 is 0 Å². The van der Waals surface area contributed by atoms with Crippen molar-refractivity contribution in [2.24, 2.45) is 5.92 Å².